The fourth-order valence-electron chi connectivity index (χ4n) is 1.43. The molecule has 0 aromatic carbocycles. The van der Waals surface area contributed by atoms with E-state index in [-0.39, 0.29) is 24.0 Å². The van der Waals surface area contributed by atoms with Gasteiger partial charge in [-0.15, -0.1) is 35.3 Å². The summed E-state index contributed by atoms with van der Waals surface area (Å²) in [6.45, 7) is 8.75. The average Bonchev–Trinajstić information content (AvgIpc) is 2.66. The Labute approximate surface area is 124 Å². The summed E-state index contributed by atoms with van der Waals surface area (Å²) in [5, 5.41) is 1.13. The van der Waals surface area contributed by atoms with Crippen molar-refractivity contribution in [3.63, 3.8) is 0 Å². The first-order chi connectivity index (χ1) is 7.67. The van der Waals surface area contributed by atoms with Gasteiger partial charge in [0.15, 0.2) is 5.96 Å². The van der Waals surface area contributed by atoms with E-state index in [4.69, 9.17) is 5.73 Å². The van der Waals surface area contributed by atoms with Crippen LogP contribution in [0, 0.1) is 6.92 Å². The van der Waals surface area contributed by atoms with Crippen molar-refractivity contribution in [2.45, 2.75) is 27.2 Å². The second-order valence-corrected chi connectivity index (χ2v) is 4.85. The van der Waals surface area contributed by atoms with E-state index in [1.165, 1.54) is 4.88 Å². The molecule has 0 spiro atoms. The average molecular weight is 368 g/mol. The molecule has 6 heteroatoms. The first kappa shape index (κ1) is 16.6. The van der Waals surface area contributed by atoms with Gasteiger partial charge in [-0.2, -0.15) is 0 Å². The lowest BCUT2D eigenvalue weighted by Gasteiger charge is -2.19. The molecular weight excluding hydrogens is 347 g/mol. The molecule has 0 radical (unpaired) electrons. The third kappa shape index (κ3) is 5.67. The summed E-state index contributed by atoms with van der Waals surface area (Å²) in [4.78, 5) is 11.9. The third-order valence-electron chi connectivity index (χ3n) is 2.36. The molecular formula is C11H21IN4S. The van der Waals surface area contributed by atoms with E-state index < -0.39 is 0 Å². The normalized spacial score (nSPS) is 11.1. The highest BCUT2D eigenvalue weighted by Gasteiger charge is 2.02. The zero-order valence-corrected chi connectivity index (χ0v) is 13.8. The Balaban J connectivity index is 0.00000256. The standard InChI is InChI=1S/C11H20N4S.HI/c1-4-15(5-2)11(12)13-7-6-10-14-8-9(3)16-10;/h8H,4-7H2,1-3H3,(H2,12,13);1H. The van der Waals surface area contributed by atoms with Crippen LogP contribution in [0.15, 0.2) is 11.2 Å². The molecule has 0 fully saturated rings. The maximum Gasteiger partial charge on any atom is 0.191 e. The second-order valence-electron chi connectivity index (χ2n) is 3.53. The lowest BCUT2D eigenvalue weighted by molar-refractivity contribution is 0.458. The molecule has 98 valence electrons. The van der Waals surface area contributed by atoms with Gasteiger partial charge in [0.25, 0.3) is 0 Å². The first-order valence-electron chi connectivity index (χ1n) is 5.63. The van der Waals surface area contributed by atoms with Crippen LogP contribution in [0.3, 0.4) is 0 Å². The predicted octanol–water partition coefficient (Wildman–Crippen LogP) is 2.27. The Hall–Kier alpha value is -0.370. The van der Waals surface area contributed by atoms with E-state index in [0.29, 0.717) is 5.96 Å². The third-order valence-corrected chi connectivity index (χ3v) is 3.33. The van der Waals surface area contributed by atoms with Crippen LogP contribution in [0.2, 0.25) is 0 Å². The summed E-state index contributed by atoms with van der Waals surface area (Å²) in [6.07, 6.45) is 2.78. The number of rotatable bonds is 5. The lowest BCUT2D eigenvalue weighted by Crippen LogP contribution is -2.37. The molecule has 0 unspecified atom stereocenters. The second kappa shape index (κ2) is 8.68. The van der Waals surface area contributed by atoms with Gasteiger partial charge in [-0.3, -0.25) is 4.99 Å². The van der Waals surface area contributed by atoms with Gasteiger partial charge in [0.05, 0.1) is 5.01 Å². The number of halogens is 1. The van der Waals surface area contributed by atoms with Crippen LogP contribution in [0.1, 0.15) is 23.7 Å². The number of nitrogens with two attached hydrogens (primary N) is 1. The monoisotopic (exact) mass is 368 g/mol. The molecule has 0 amide bonds. The van der Waals surface area contributed by atoms with Crippen molar-refractivity contribution in [1.29, 1.82) is 0 Å². The first-order valence-corrected chi connectivity index (χ1v) is 6.45. The highest BCUT2D eigenvalue weighted by atomic mass is 127. The summed E-state index contributed by atoms with van der Waals surface area (Å²) >= 11 is 1.72. The molecule has 0 saturated heterocycles. The minimum absolute atomic E-state index is 0. The van der Waals surface area contributed by atoms with Crippen LogP contribution in [0.5, 0.6) is 0 Å². The quantitative estimate of drug-likeness (QED) is 0.493. The molecule has 0 saturated carbocycles. The van der Waals surface area contributed by atoms with Crippen molar-refractivity contribution < 1.29 is 0 Å². The molecule has 0 atom stereocenters. The van der Waals surface area contributed by atoms with Gasteiger partial charge in [-0.1, -0.05) is 0 Å². The Kier molecular flexibility index (Phi) is 8.49. The van der Waals surface area contributed by atoms with Crippen molar-refractivity contribution in [2.24, 2.45) is 10.7 Å². The maximum atomic E-state index is 5.87. The molecule has 1 aromatic rings. The van der Waals surface area contributed by atoms with Crippen LogP contribution < -0.4 is 5.73 Å². The van der Waals surface area contributed by atoms with E-state index in [1.807, 2.05) is 11.1 Å². The van der Waals surface area contributed by atoms with Crippen molar-refractivity contribution in [3.8, 4) is 0 Å². The molecule has 0 aliphatic rings. The maximum absolute atomic E-state index is 5.87. The smallest absolute Gasteiger partial charge is 0.191 e. The topological polar surface area (TPSA) is 54.5 Å². The van der Waals surface area contributed by atoms with Gasteiger partial charge in [0.1, 0.15) is 0 Å². The van der Waals surface area contributed by atoms with E-state index in [0.717, 1.165) is 31.1 Å². The molecule has 1 aromatic heterocycles. The summed E-state index contributed by atoms with van der Waals surface area (Å²) < 4.78 is 0. The van der Waals surface area contributed by atoms with Crippen LogP contribution >= 0.6 is 35.3 Å². The Morgan fingerprint density at radius 1 is 1.47 bits per heavy atom. The fraction of sp³-hybridized carbons (Fsp3) is 0.636. The lowest BCUT2D eigenvalue weighted by atomic mass is 10.4. The van der Waals surface area contributed by atoms with Crippen molar-refractivity contribution >= 4 is 41.3 Å². The zero-order chi connectivity index (χ0) is 12.0. The van der Waals surface area contributed by atoms with Gasteiger partial charge < -0.3 is 10.6 Å². The Morgan fingerprint density at radius 3 is 2.59 bits per heavy atom. The summed E-state index contributed by atoms with van der Waals surface area (Å²) in [6, 6.07) is 0. The minimum Gasteiger partial charge on any atom is -0.370 e. The van der Waals surface area contributed by atoms with Gasteiger partial charge in [-0.25, -0.2) is 4.98 Å². The molecule has 4 nitrogen and oxygen atoms in total. The molecule has 0 bridgehead atoms. The predicted molar refractivity (Wildman–Crippen MR) is 85.4 cm³/mol. The number of aliphatic imine (C=N–C) groups is 1. The SMILES string of the molecule is CCN(CC)C(N)=NCCc1ncc(C)s1.I. The molecule has 1 heterocycles. The Bertz CT molecular complexity index is 347. The molecule has 2 N–H and O–H groups in total. The van der Waals surface area contributed by atoms with E-state index >= 15 is 0 Å². The molecule has 17 heavy (non-hydrogen) atoms. The van der Waals surface area contributed by atoms with Gasteiger partial charge >= 0.3 is 0 Å². The van der Waals surface area contributed by atoms with Gasteiger partial charge in [-0.05, 0) is 20.8 Å². The highest BCUT2D eigenvalue weighted by molar-refractivity contribution is 14.0. The number of aryl methyl sites for hydroxylation is 1. The summed E-state index contributed by atoms with van der Waals surface area (Å²) in [5.41, 5.74) is 5.87. The molecule has 1 rings (SSSR count). The molecule has 0 aliphatic carbocycles. The number of guanidine groups is 1. The van der Waals surface area contributed by atoms with Gasteiger partial charge in [0.2, 0.25) is 0 Å². The van der Waals surface area contributed by atoms with Crippen molar-refractivity contribution in [2.75, 3.05) is 19.6 Å². The van der Waals surface area contributed by atoms with Crippen molar-refractivity contribution in [3.05, 3.63) is 16.1 Å². The Morgan fingerprint density at radius 2 is 2.12 bits per heavy atom. The van der Waals surface area contributed by atoms with Crippen LogP contribution in [-0.2, 0) is 6.42 Å². The van der Waals surface area contributed by atoms with E-state index in [1.54, 1.807) is 11.3 Å². The number of nitrogens with zero attached hydrogens (tertiary/aromatic N) is 3. The summed E-state index contributed by atoms with van der Waals surface area (Å²) in [7, 11) is 0. The van der Waals surface area contributed by atoms with Crippen LogP contribution in [0.25, 0.3) is 0 Å². The zero-order valence-electron chi connectivity index (χ0n) is 10.6. The van der Waals surface area contributed by atoms with Crippen LogP contribution in [-0.4, -0.2) is 35.5 Å². The fourth-order valence-corrected chi connectivity index (χ4v) is 2.21. The minimum atomic E-state index is 0. The largest absolute Gasteiger partial charge is 0.370 e. The highest BCUT2D eigenvalue weighted by Crippen LogP contribution is 2.11. The number of aromatic nitrogens is 1. The summed E-state index contributed by atoms with van der Waals surface area (Å²) in [5.74, 6) is 0.637. The number of hydrogen-bond acceptors (Lipinski definition) is 3. The van der Waals surface area contributed by atoms with Crippen molar-refractivity contribution in [1.82, 2.24) is 9.88 Å². The molecule has 0 aliphatic heterocycles. The van der Waals surface area contributed by atoms with Crippen LogP contribution in [0.4, 0.5) is 0 Å². The number of thiazole rings is 1. The van der Waals surface area contributed by atoms with E-state index in [9.17, 15) is 0 Å². The van der Waals surface area contributed by atoms with Gasteiger partial charge in [0, 0.05) is 37.1 Å². The number of hydrogen-bond donors (Lipinski definition) is 1. The van der Waals surface area contributed by atoms with E-state index in [2.05, 4.69) is 30.7 Å².